The minimum absolute atomic E-state index is 0.786. The van der Waals surface area contributed by atoms with Gasteiger partial charge in [0.1, 0.15) is 16.5 Å². The molecule has 1 N–H and O–H groups in total. The molecule has 1 aliphatic carbocycles. The van der Waals surface area contributed by atoms with Gasteiger partial charge in [-0.05, 0) is 37.3 Å². The number of aryl methyl sites for hydroxylation is 3. The fraction of sp³-hybridized carbons (Fsp3) is 0.455. The number of ether oxygens (including phenoxy) is 1. The Morgan fingerprint density at radius 3 is 2.75 bits per heavy atom. The molecule has 2 aliphatic rings. The zero-order valence-electron chi connectivity index (χ0n) is 16.3. The van der Waals surface area contributed by atoms with Crippen LogP contribution < -0.4 is 5.32 Å². The average molecular weight is 395 g/mol. The van der Waals surface area contributed by atoms with Gasteiger partial charge in [-0.3, -0.25) is 4.90 Å². The van der Waals surface area contributed by atoms with E-state index < -0.39 is 0 Å². The first kappa shape index (κ1) is 18.0. The summed E-state index contributed by atoms with van der Waals surface area (Å²) in [6, 6.07) is 8.71. The maximum atomic E-state index is 5.48. The van der Waals surface area contributed by atoms with Crippen LogP contribution in [0.25, 0.3) is 10.2 Å². The van der Waals surface area contributed by atoms with Crippen LogP contribution in [0.2, 0.25) is 0 Å². The maximum absolute atomic E-state index is 5.48. The van der Waals surface area contributed by atoms with Crippen LogP contribution in [0.1, 0.15) is 33.8 Å². The van der Waals surface area contributed by atoms with Crippen molar-refractivity contribution in [3.63, 3.8) is 0 Å². The zero-order valence-corrected chi connectivity index (χ0v) is 17.1. The molecule has 0 amide bonds. The summed E-state index contributed by atoms with van der Waals surface area (Å²) in [6.45, 7) is 7.21. The van der Waals surface area contributed by atoms with Crippen molar-refractivity contribution in [2.24, 2.45) is 0 Å². The number of rotatable bonds is 5. The Hall–Kier alpha value is -2.02. The number of benzene rings is 1. The number of aromatic nitrogens is 2. The molecular formula is C22H26N4OS. The molecule has 3 heterocycles. The van der Waals surface area contributed by atoms with Crippen molar-refractivity contribution in [1.82, 2.24) is 14.9 Å². The molecule has 1 saturated heterocycles. The van der Waals surface area contributed by atoms with Gasteiger partial charge in [-0.25, -0.2) is 9.97 Å². The second kappa shape index (κ2) is 7.78. The highest BCUT2D eigenvalue weighted by Gasteiger charge is 2.23. The van der Waals surface area contributed by atoms with E-state index in [0.717, 1.165) is 62.3 Å². The summed E-state index contributed by atoms with van der Waals surface area (Å²) in [4.78, 5) is 15.0. The van der Waals surface area contributed by atoms with Gasteiger partial charge >= 0.3 is 0 Å². The molecular weight excluding hydrogens is 368 g/mol. The Balaban J connectivity index is 1.46. The molecule has 0 unspecified atom stereocenters. The third-order valence-electron chi connectivity index (χ3n) is 5.66. The molecule has 1 fully saturated rings. The third kappa shape index (κ3) is 3.64. The van der Waals surface area contributed by atoms with Crippen molar-refractivity contribution >= 4 is 27.4 Å². The van der Waals surface area contributed by atoms with Crippen LogP contribution in [0.5, 0.6) is 0 Å². The summed E-state index contributed by atoms with van der Waals surface area (Å²) in [5.74, 6) is 1.92. The number of nitrogens with one attached hydrogen (secondary N) is 1. The molecule has 5 rings (SSSR count). The van der Waals surface area contributed by atoms with Gasteiger partial charge in [0.25, 0.3) is 0 Å². The first-order valence-corrected chi connectivity index (χ1v) is 11.0. The molecule has 1 aromatic carbocycles. The topological polar surface area (TPSA) is 50.3 Å². The summed E-state index contributed by atoms with van der Waals surface area (Å²) < 4.78 is 5.48. The Morgan fingerprint density at radius 1 is 1.11 bits per heavy atom. The largest absolute Gasteiger partial charge is 0.379 e. The van der Waals surface area contributed by atoms with Gasteiger partial charge in [0, 0.05) is 24.5 Å². The predicted octanol–water partition coefficient (Wildman–Crippen LogP) is 3.93. The Morgan fingerprint density at radius 2 is 1.93 bits per heavy atom. The Kier molecular flexibility index (Phi) is 5.01. The molecule has 2 aromatic heterocycles. The van der Waals surface area contributed by atoms with Crippen molar-refractivity contribution in [1.29, 1.82) is 0 Å². The van der Waals surface area contributed by atoms with Crippen LogP contribution in [0, 0.1) is 6.92 Å². The number of anilines is 1. The average Bonchev–Trinajstić information content (AvgIpc) is 3.29. The molecule has 0 radical (unpaired) electrons. The van der Waals surface area contributed by atoms with Gasteiger partial charge in [-0.2, -0.15) is 0 Å². The van der Waals surface area contributed by atoms with Crippen LogP contribution in [0.4, 0.5) is 5.82 Å². The lowest BCUT2D eigenvalue weighted by atomic mass is 10.1. The normalized spacial score (nSPS) is 17.2. The third-order valence-corrected chi connectivity index (χ3v) is 6.85. The lowest BCUT2D eigenvalue weighted by molar-refractivity contribution is 0.0331. The highest BCUT2D eigenvalue weighted by atomic mass is 32.1. The van der Waals surface area contributed by atoms with Crippen LogP contribution in [-0.4, -0.2) is 41.2 Å². The Bertz CT molecular complexity index is 976. The quantitative estimate of drug-likeness (QED) is 0.710. The van der Waals surface area contributed by atoms with E-state index in [1.807, 2.05) is 11.3 Å². The van der Waals surface area contributed by atoms with Gasteiger partial charge in [0.15, 0.2) is 0 Å². The fourth-order valence-electron chi connectivity index (χ4n) is 4.09. The molecule has 0 spiro atoms. The molecule has 0 atom stereocenters. The van der Waals surface area contributed by atoms with Gasteiger partial charge in [0.05, 0.1) is 25.1 Å². The summed E-state index contributed by atoms with van der Waals surface area (Å²) in [5.41, 5.74) is 4.04. The molecule has 5 nitrogen and oxygen atoms in total. The van der Waals surface area contributed by atoms with Crippen molar-refractivity contribution < 1.29 is 4.74 Å². The molecule has 146 valence electrons. The van der Waals surface area contributed by atoms with E-state index in [1.165, 1.54) is 39.8 Å². The maximum Gasteiger partial charge on any atom is 0.146 e. The standard InChI is InChI=1S/C22H26N4OS/c1-15-5-7-16(8-6-15)13-23-21-20-17-3-2-4-18(17)28-22(20)25-19(24-21)14-26-9-11-27-12-10-26/h5-8H,2-4,9-14H2,1H3,(H,23,24,25). The van der Waals surface area contributed by atoms with E-state index in [4.69, 9.17) is 14.7 Å². The molecule has 3 aromatic rings. The van der Waals surface area contributed by atoms with Crippen LogP contribution in [-0.2, 0) is 30.7 Å². The first-order valence-electron chi connectivity index (χ1n) is 10.2. The molecule has 0 bridgehead atoms. The zero-order chi connectivity index (χ0) is 18.9. The van der Waals surface area contributed by atoms with Crippen molar-refractivity contribution in [2.75, 3.05) is 31.6 Å². The molecule has 0 saturated carbocycles. The summed E-state index contributed by atoms with van der Waals surface area (Å²) in [6.07, 6.45) is 3.59. The number of nitrogens with zero attached hydrogens (tertiary/aromatic N) is 3. The van der Waals surface area contributed by atoms with E-state index in [-0.39, 0.29) is 0 Å². The minimum atomic E-state index is 0.786. The lowest BCUT2D eigenvalue weighted by Gasteiger charge is -2.25. The number of hydrogen-bond donors (Lipinski definition) is 1. The monoisotopic (exact) mass is 394 g/mol. The molecule has 6 heteroatoms. The second-order valence-corrected chi connectivity index (χ2v) is 8.84. The number of hydrogen-bond acceptors (Lipinski definition) is 6. The SMILES string of the molecule is Cc1ccc(CNc2nc(CN3CCOCC3)nc3sc4c(c23)CCC4)cc1. The fourth-order valence-corrected chi connectivity index (χ4v) is 5.37. The van der Waals surface area contributed by atoms with Gasteiger partial charge < -0.3 is 10.1 Å². The van der Waals surface area contributed by atoms with Crippen molar-refractivity contribution in [3.8, 4) is 0 Å². The summed E-state index contributed by atoms with van der Waals surface area (Å²) >= 11 is 1.87. The van der Waals surface area contributed by atoms with E-state index in [9.17, 15) is 0 Å². The summed E-state index contributed by atoms with van der Waals surface area (Å²) in [7, 11) is 0. The molecule has 28 heavy (non-hydrogen) atoms. The van der Waals surface area contributed by atoms with Crippen LogP contribution in [0.3, 0.4) is 0 Å². The highest BCUT2D eigenvalue weighted by molar-refractivity contribution is 7.19. The Labute approximate surface area is 169 Å². The van der Waals surface area contributed by atoms with Gasteiger partial charge in [-0.15, -0.1) is 11.3 Å². The number of thiophene rings is 1. The van der Waals surface area contributed by atoms with Crippen molar-refractivity contribution in [2.45, 2.75) is 39.3 Å². The second-order valence-electron chi connectivity index (χ2n) is 7.75. The number of fused-ring (bicyclic) bond motifs is 3. The smallest absolute Gasteiger partial charge is 0.146 e. The van der Waals surface area contributed by atoms with E-state index in [2.05, 4.69) is 41.4 Å². The highest BCUT2D eigenvalue weighted by Crippen LogP contribution is 2.39. The van der Waals surface area contributed by atoms with E-state index in [0.29, 0.717) is 0 Å². The predicted molar refractivity (Wildman–Crippen MR) is 114 cm³/mol. The molecule has 1 aliphatic heterocycles. The van der Waals surface area contributed by atoms with Gasteiger partial charge in [0.2, 0.25) is 0 Å². The van der Waals surface area contributed by atoms with Crippen LogP contribution in [0.15, 0.2) is 24.3 Å². The number of morpholine rings is 1. The van der Waals surface area contributed by atoms with Crippen LogP contribution >= 0.6 is 11.3 Å². The lowest BCUT2D eigenvalue weighted by Crippen LogP contribution is -2.36. The van der Waals surface area contributed by atoms with E-state index >= 15 is 0 Å². The van der Waals surface area contributed by atoms with Gasteiger partial charge in [-0.1, -0.05) is 29.8 Å². The first-order chi connectivity index (χ1) is 13.8. The summed E-state index contributed by atoms with van der Waals surface area (Å²) in [5, 5.41) is 4.89. The van der Waals surface area contributed by atoms with Crippen molar-refractivity contribution in [3.05, 3.63) is 51.7 Å². The minimum Gasteiger partial charge on any atom is -0.379 e. The van der Waals surface area contributed by atoms with E-state index in [1.54, 1.807) is 0 Å².